The molecule has 6 nitrogen and oxygen atoms in total. The van der Waals surface area contributed by atoms with Crippen molar-refractivity contribution in [1.29, 1.82) is 0 Å². The van der Waals surface area contributed by atoms with Gasteiger partial charge >= 0.3 is 0 Å². The molecule has 2 amide bonds. The fraction of sp³-hybridized carbons (Fsp3) is 0.412. The minimum atomic E-state index is -0.609. The van der Waals surface area contributed by atoms with Crippen LogP contribution in [0.5, 0.6) is 11.5 Å². The summed E-state index contributed by atoms with van der Waals surface area (Å²) >= 11 is 0. The number of carbonyl (C=O) groups is 2. The number of ether oxygens (including phenoxy) is 2. The average Bonchev–Trinajstić information content (AvgIpc) is 2.99. The van der Waals surface area contributed by atoms with Gasteiger partial charge in [-0.2, -0.15) is 0 Å². The number of nitrogens with one attached hydrogen (secondary N) is 1. The lowest BCUT2D eigenvalue weighted by Gasteiger charge is -2.34. The Kier molecular flexibility index (Phi) is 10.6. The van der Waals surface area contributed by atoms with Gasteiger partial charge in [0.25, 0.3) is 0 Å². The van der Waals surface area contributed by atoms with Crippen molar-refractivity contribution < 1.29 is 19.1 Å². The summed E-state index contributed by atoms with van der Waals surface area (Å²) in [5, 5.41) is 3.31. The zero-order valence-electron chi connectivity index (χ0n) is 24.0. The number of rotatable bonds is 12. The standard InChI is InChI=1S/C34H42N2O4/c1-25-12-10-11-15-28(25)24-36(33(37)21-19-27-18-20-31(39-2)32(23-27)40-3)30(22-26-13-6-4-7-14-26)34(38)35-29-16-8-5-9-17-29/h4,6-7,10-15,18,20,23,29-30H,5,8-9,16-17,19,21-22,24H2,1-3H3,(H,35,38). The van der Waals surface area contributed by atoms with E-state index in [1.54, 1.807) is 19.1 Å². The van der Waals surface area contributed by atoms with Crippen LogP contribution in [-0.4, -0.2) is 43.0 Å². The van der Waals surface area contributed by atoms with Gasteiger partial charge in [-0.15, -0.1) is 0 Å². The molecule has 0 radical (unpaired) electrons. The molecule has 4 rings (SSSR count). The van der Waals surface area contributed by atoms with E-state index in [1.807, 2.05) is 66.7 Å². The molecule has 1 atom stereocenters. The lowest BCUT2D eigenvalue weighted by atomic mass is 9.94. The van der Waals surface area contributed by atoms with Gasteiger partial charge in [0, 0.05) is 25.4 Å². The SMILES string of the molecule is COc1ccc(CCC(=O)N(Cc2ccccc2C)C(Cc2ccccc2)C(=O)NC2CCCCC2)cc1OC. The Morgan fingerprint density at radius 2 is 1.57 bits per heavy atom. The van der Waals surface area contributed by atoms with Crippen LogP contribution in [0.4, 0.5) is 0 Å². The Morgan fingerprint density at radius 3 is 2.27 bits per heavy atom. The quantitative estimate of drug-likeness (QED) is 0.303. The maximum Gasteiger partial charge on any atom is 0.243 e. The van der Waals surface area contributed by atoms with Crippen molar-refractivity contribution in [2.75, 3.05) is 14.2 Å². The molecule has 1 N–H and O–H groups in total. The number of hydrogen-bond donors (Lipinski definition) is 1. The van der Waals surface area contributed by atoms with Crippen LogP contribution in [0.25, 0.3) is 0 Å². The molecule has 0 aliphatic heterocycles. The number of benzene rings is 3. The molecule has 0 heterocycles. The lowest BCUT2D eigenvalue weighted by molar-refractivity contribution is -0.141. The number of aryl methyl sites for hydroxylation is 2. The number of hydrogen-bond acceptors (Lipinski definition) is 4. The number of carbonyl (C=O) groups excluding carboxylic acids is 2. The molecule has 1 aliphatic rings. The van der Waals surface area contributed by atoms with Crippen molar-refractivity contribution >= 4 is 11.8 Å². The molecular weight excluding hydrogens is 500 g/mol. The molecule has 212 valence electrons. The first-order chi connectivity index (χ1) is 19.5. The summed E-state index contributed by atoms with van der Waals surface area (Å²) < 4.78 is 10.8. The first-order valence-corrected chi connectivity index (χ1v) is 14.4. The fourth-order valence-electron chi connectivity index (χ4n) is 5.50. The van der Waals surface area contributed by atoms with Gasteiger partial charge in [0.15, 0.2) is 11.5 Å². The van der Waals surface area contributed by atoms with Crippen LogP contribution < -0.4 is 14.8 Å². The molecule has 3 aromatic carbocycles. The lowest BCUT2D eigenvalue weighted by Crippen LogP contribution is -2.53. The van der Waals surface area contributed by atoms with E-state index in [4.69, 9.17) is 9.47 Å². The van der Waals surface area contributed by atoms with Crippen LogP contribution >= 0.6 is 0 Å². The summed E-state index contributed by atoms with van der Waals surface area (Å²) in [5.41, 5.74) is 4.17. The molecule has 0 aromatic heterocycles. The van der Waals surface area contributed by atoms with Gasteiger partial charge in [-0.05, 0) is 60.6 Å². The summed E-state index contributed by atoms with van der Waals surface area (Å²) in [5.74, 6) is 1.18. The summed E-state index contributed by atoms with van der Waals surface area (Å²) in [6.07, 6.45) is 6.75. The number of amides is 2. The summed E-state index contributed by atoms with van der Waals surface area (Å²) in [6, 6.07) is 23.4. The van der Waals surface area contributed by atoms with Crippen LogP contribution in [0.1, 0.15) is 60.8 Å². The highest BCUT2D eigenvalue weighted by Gasteiger charge is 2.32. The third-order valence-corrected chi connectivity index (χ3v) is 7.90. The van der Waals surface area contributed by atoms with Gasteiger partial charge < -0.3 is 19.7 Å². The van der Waals surface area contributed by atoms with Gasteiger partial charge in [0.05, 0.1) is 14.2 Å². The van der Waals surface area contributed by atoms with Crippen LogP contribution in [0, 0.1) is 6.92 Å². The summed E-state index contributed by atoms with van der Waals surface area (Å²) in [4.78, 5) is 29.8. The summed E-state index contributed by atoms with van der Waals surface area (Å²) in [6.45, 7) is 2.43. The van der Waals surface area contributed by atoms with E-state index in [-0.39, 0.29) is 24.3 Å². The van der Waals surface area contributed by atoms with Crippen molar-refractivity contribution in [1.82, 2.24) is 10.2 Å². The topological polar surface area (TPSA) is 67.9 Å². The minimum absolute atomic E-state index is 0.0437. The minimum Gasteiger partial charge on any atom is -0.493 e. The van der Waals surface area contributed by atoms with E-state index >= 15 is 0 Å². The largest absolute Gasteiger partial charge is 0.493 e. The fourth-order valence-corrected chi connectivity index (χ4v) is 5.50. The van der Waals surface area contributed by atoms with Crippen molar-refractivity contribution in [2.45, 2.75) is 76.9 Å². The molecule has 40 heavy (non-hydrogen) atoms. The van der Waals surface area contributed by atoms with Gasteiger partial charge in [-0.1, -0.05) is 79.9 Å². The van der Waals surface area contributed by atoms with Crippen LogP contribution in [-0.2, 0) is 29.0 Å². The molecule has 6 heteroatoms. The Balaban J connectivity index is 1.61. The second-order valence-electron chi connectivity index (χ2n) is 10.7. The Bertz CT molecular complexity index is 1250. The van der Waals surface area contributed by atoms with E-state index in [0.29, 0.717) is 30.9 Å². The first kappa shape index (κ1) is 29.2. The van der Waals surface area contributed by atoms with Gasteiger partial charge in [-0.3, -0.25) is 9.59 Å². The molecule has 1 saturated carbocycles. The van der Waals surface area contributed by atoms with Crippen LogP contribution in [0.15, 0.2) is 72.8 Å². The van der Waals surface area contributed by atoms with E-state index in [1.165, 1.54) is 6.42 Å². The van der Waals surface area contributed by atoms with Gasteiger partial charge in [0.1, 0.15) is 6.04 Å². The Hall–Kier alpha value is -3.80. The van der Waals surface area contributed by atoms with Crippen LogP contribution in [0.2, 0.25) is 0 Å². The molecule has 0 spiro atoms. The second kappa shape index (κ2) is 14.5. The Labute approximate surface area is 238 Å². The monoisotopic (exact) mass is 542 g/mol. The second-order valence-corrected chi connectivity index (χ2v) is 10.7. The van der Waals surface area contributed by atoms with Crippen molar-refractivity contribution in [3.05, 3.63) is 95.1 Å². The molecular formula is C34H42N2O4. The average molecular weight is 543 g/mol. The zero-order valence-corrected chi connectivity index (χ0v) is 24.0. The first-order valence-electron chi connectivity index (χ1n) is 14.4. The van der Waals surface area contributed by atoms with Gasteiger partial charge in [0.2, 0.25) is 11.8 Å². The van der Waals surface area contributed by atoms with E-state index in [9.17, 15) is 9.59 Å². The maximum absolute atomic E-state index is 14.0. The third kappa shape index (κ3) is 7.87. The van der Waals surface area contributed by atoms with Crippen molar-refractivity contribution in [3.8, 4) is 11.5 Å². The highest BCUT2D eigenvalue weighted by molar-refractivity contribution is 5.88. The molecule has 1 fully saturated rings. The third-order valence-electron chi connectivity index (χ3n) is 7.90. The maximum atomic E-state index is 14.0. The predicted molar refractivity (Wildman–Crippen MR) is 159 cm³/mol. The molecule has 0 bridgehead atoms. The number of methoxy groups -OCH3 is 2. The van der Waals surface area contributed by atoms with E-state index in [2.05, 4.69) is 18.3 Å². The van der Waals surface area contributed by atoms with Crippen LogP contribution in [0.3, 0.4) is 0 Å². The molecule has 0 saturated heterocycles. The van der Waals surface area contributed by atoms with Crippen molar-refractivity contribution in [2.24, 2.45) is 0 Å². The normalized spacial score (nSPS) is 14.3. The smallest absolute Gasteiger partial charge is 0.243 e. The molecule has 1 aliphatic carbocycles. The van der Waals surface area contributed by atoms with Gasteiger partial charge in [-0.25, -0.2) is 0 Å². The molecule has 3 aromatic rings. The summed E-state index contributed by atoms with van der Waals surface area (Å²) in [7, 11) is 3.21. The number of nitrogens with zero attached hydrogens (tertiary/aromatic N) is 1. The van der Waals surface area contributed by atoms with E-state index in [0.717, 1.165) is 47.9 Å². The highest BCUT2D eigenvalue weighted by atomic mass is 16.5. The zero-order chi connectivity index (χ0) is 28.3. The molecule has 1 unspecified atom stereocenters. The van der Waals surface area contributed by atoms with Crippen molar-refractivity contribution in [3.63, 3.8) is 0 Å². The predicted octanol–water partition coefficient (Wildman–Crippen LogP) is 6.03. The Morgan fingerprint density at radius 1 is 0.875 bits per heavy atom. The highest BCUT2D eigenvalue weighted by Crippen LogP contribution is 2.28. The van der Waals surface area contributed by atoms with E-state index < -0.39 is 6.04 Å².